The molecule has 0 aromatic carbocycles. The number of nitrogens with zero attached hydrogens (tertiary/aromatic N) is 2. The van der Waals surface area contributed by atoms with Crippen molar-refractivity contribution in [1.82, 2.24) is 15.3 Å². The summed E-state index contributed by atoms with van der Waals surface area (Å²) < 4.78 is 0. The van der Waals surface area contributed by atoms with Gasteiger partial charge in [-0.15, -0.1) is 0 Å². The lowest BCUT2D eigenvalue weighted by atomic mass is 9.91. The van der Waals surface area contributed by atoms with E-state index < -0.39 is 0 Å². The molecule has 0 saturated carbocycles. The van der Waals surface area contributed by atoms with Gasteiger partial charge in [-0.05, 0) is 48.7 Å². The van der Waals surface area contributed by atoms with Gasteiger partial charge in [0.25, 0.3) is 0 Å². The van der Waals surface area contributed by atoms with Crippen molar-refractivity contribution in [3.63, 3.8) is 0 Å². The number of nitrogens with one attached hydrogen (secondary N) is 1. The highest BCUT2D eigenvalue weighted by Crippen LogP contribution is 2.40. The van der Waals surface area contributed by atoms with E-state index in [2.05, 4.69) is 40.4 Å². The second-order valence-corrected chi connectivity index (χ2v) is 5.01. The molecule has 3 nitrogen and oxygen atoms in total. The average Bonchev–Trinajstić information content (AvgIpc) is 2.89. The Morgan fingerprint density at radius 3 is 2.89 bits per heavy atom. The van der Waals surface area contributed by atoms with E-state index in [1.165, 1.54) is 23.2 Å². The van der Waals surface area contributed by atoms with Crippen molar-refractivity contribution in [2.24, 2.45) is 0 Å². The predicted octanol–water partition coefficient (Wildman–Crippen LogP) is 2.86. The van der Waals surface area contributed by atoms with Crippen LogP contribution in [-0.4, -0.2) is 16.5 Å². The van der Waals surface area contributed by atoms with Crippen LogP contribution in [0.3, 0.4) is 0 Å². The molecule has 19 heavy (non-hydrogen) atoms. The summed E-state index contributed by atoms with van der Waals surface area (Å²) in [7, 11) is 0. The molecule has 3 rings (SSSR count). The maximum atomic E-state index is 4.61. The first kappa shape index (κ1) is 12.3. The average molecular weight is 253 g/mol. The summed E-state index contributed by atoms with van der Waals surface area (Å²) in [5.41, 5.74) is 3.98. The van der Waals surface area contributed by atoms with E-state index in [4.69, 9.17) is 0 Å². The summed E-state index contributed by atoms with van der Waals surface area (Å²) in [4.78, 5) is 8.73. The number of aromatic nitrogens is 2. The normalized spacial score (nSPS) is 19.1. The van der Waals surface area contributed by atoms with Gasteiger partial charge in [0.1, 0.15) is 0 Å². The number of fused-ring (bicyclic) bond motifs is 1. The smallest absolute Gasteiger partial charge is 0.0485 e. The van der Waals surface area contributed by atoms with Crippen LogP contribution in [0.1, 0.15) is 42.1 Å². The number of pyridine rings is 2. The van der Waals surface area contributed by atoms with Gasteiger partial charge in [-0.1, -0.05) is 13.0 Å². The van der Waals surface area contributed by atoms with Crippen LogP contribution >= 0.6 is 0 Å². The van der Waals surface area contributed by atoms with Crippen LogP contribution in [0.15, 0.2) is 42.9 Å². The molecule has 0 amide bonds. The molecule has 2 aromatic rings. The molecule has 98 valence electrons. The van der Waals surface area contributed by atoms with Crippen LogP contribution in [0.25, 0.3) is 0 Å². The molecule has 0 fully saturated rings. The molecule has 3 heteroatoms. The van der Waals surface area contributed by atoms with Gasteiger partial charge < -0.3 is 5.32 Å². The standard InChI is InChI=1S/C16H19N3/c1-2-18-15(13-7-10-17-11-8-13)14-6-5-12-4-3-9-19-16(12)14/h3-4,7-11,14-15,18H,2,5-6H2,1H3. The Labute approximate surface area is 114 Å². The number of hydrogen-bond donors (Lipinski definition) is 1. The molecule has 2 heterocycles. The molecule has 1 N–H and O–H groups in total. The van der Waals surface area contributed by atoms with E-state index in [1.54, 1.807) is 0 Å². The van der Waals surface area contributed by atoms with Crippen LogP contribution < -0.4 is 5.32 Å². The molecular weight excluding hydrogens is 234 g/mol. The van der Waals surface area contributed by atoms with Gasteiger partial charge in [-0.3, -0.25) is 9.97 Å². The van der Waals surface area contributed by atoms with Crippen molar-refractivity contribution in [3.8, 4) is 0 Å². The van der Waals surface area contributed by atoms with Gasteiger partial charge >= 0.3 is 0 Å². The monoisotopic (exact) mass is 253 g/mol. The Morgan fingerprint density at radius 1 is 1.26 bits per heavy atom. The minimum absolute atomic E-state index is 0.337. The fourth-order valence-electron chi connectivity index (χ4n) is 3.05. The first-order valence-electron chi connectivity index (χ1n) is 6.97. The maximum absolute atomic E-state index is 4.61. The summed E-state index contributed by atoms with van der Waals surface area (Å²) in [6, 6.07) is 8.79. The van der Waals surface area contributed by atoms with E-state index >= 15 is 0 Å². The molecule has 1 aliphatic rings. The SMILES string of the molecule is CCNC(c1ccncc1)C1CCc2cccnc21. The Kier molecular flexibility index (Phi) is 3.56. The van der Waals surface area contributed by atoms with Crippen LogP contribution in [0.2, 0.25) is 0 Å². The Morgan fingerprint density at radius 2 is 2.11 bits per heavy atom. The Balaban J connectivity index is 1.94. The lowest BCUT2D eigenvalue weighted by Gasteiger charge is -2.25. The molecule has 2 atom stereocenters. The second kappa shape index (κ2) is 5.49. The topological polar surface area (TPSA) is 37.8 Å². The molecule has 0 bridgehead atoms. The highest BCUT2D eigenvalue weighted by atomic mass is 14.9. The third-order valence-corrected chi connectivity index (χ3v) is 3.89. The fraction of sp³-hybridized carbons (Fsp3) is 0.375. The quantitative estimate of drug-likeness (QED) is 0.910. The number of hydrogen-bond acceptors (Lipinski definition) is 3. The zero-order valence-electron chi connectivity index (χ0n) is 11.2. The van der Waals surface area contributed by atoms with Crippen molar-refractivity contribution >= 4 is 0 Å². The lowest BCUT2D eigenvalue weighted by Crippen LogP contribution is -2.26. The zero-order chi connectivity index (χ0) is 13.1. The molecule has 0 aliphatic heterocycles. The van der Waals surface area contributed by atoms with E-state index in [0.717, 1.165) is 13.0 Å². The molecule has 1 aliphatic carbocycles. The zero-order valence-corrected chi connectivity index (χ0v) is 11.2. The van der Waals surface area contributed by atoms with Gasteiger partial charge in [0.2, 0.25) is 0 Å². The second-order valence-electron chi connectivity index (χ2n) is 5.01. The highest BCUT2D eigenvalue weighted by Gasteiger charge is 2.31. The van der Waals surface area contributed by atoms with Gasteiger partial charge in [0.15, 0.2) is 0 Å². The molecule has 0 spiro atoms. The van der Waals surface area contributed by atoms with Gasteiger partial charge in [0, 0.05) is 36.2 Å². The first-order valence-corrected chi connectivity index (χ1v) is 6.97. The van der Waals surface area contributed by atoms with E-state index in [-0.39, 0.29) is 0 Å². The van der Waals surface area contributed by atoms with Crippen LogP contribution in [0.5, 0.6) is 0 Å². The summed E-state index contributed by atoms with van der Waals surface area (Å²) in [6.45, 7) is 3.12. The number of likely N-dealkylation sites (N-methyl/N-ethyl adjacent to an activating group) is 1. The van der Waals surface area contributed by atoms with Crippen molar-refractivity contribution in [3.05, 3.63) is 59.7 Å². The Hall–Kier alpha value is -1.74. The van der Waals surface area contributed by atoms with Crippen molar-refractivity contribution in [1.29, 1.82) is 0 Å². The first-order chi connectivity index (χ1) is 9.40. The van der Waals surface area contributed by atoms with Gasteiger partial charge in [0.05, 0.1) is 0 Å². The van der Waals surface area contributed by atoms with Gasteiger partial charge in [-0.2, -0.15) is 0 Å². The predicted molar refractivity (Wildman–Crippen MR) is 76.0 cm³/mol. The van der Waals surface area contributed by atoms with Gasteiger partial charge in [-0.25, -0.2) is 0 Å². The largest absolute Gasteiger partial charge is 0.310 e. The molecule has 2 aromatic heterocycles. The third kappa shape index (κ3) is 2.38. The molecule has 2 unspecified atom stereocenters. The Bertz CT molecular complexity index is 539. The van der Waals surface area contributed by atoms with Crippen LogP contribution in [-0.2, 0) is 6.42 Å². The fourth-order valence-corrected chi connectivity index (χ4v) is 3.05. The highest BCUT2D eigenvalue weighted by molar-refractivity contribution is 5.33. The number of aryl methyl sites for hydroxylation is 1. The summed E-state index contributed by atoms with van der Waals surface area (Å²) >= 11 is 0. The third-order valence-electron chi connectivity index (χ3n) is 3.89. The molecule has 0 saturated heterocycles. The van der Waals surface area contributed by atoms with E-state index in [1.807, 2.05) is 24.7 Å². The summed E-state index contributed by atoms with van der Waals surface area (Å²) in [5.74, 6) is 0.471. The van der Waals surface area contributed by atoms with Crippen LogP contribution in [0.4, 0.5) is 0 Å². The lowest BCUT2D eigenvalue weighted by molar-refractivity contribution is 0.447. The summed E-state index contributed by atoms with van der Waals surface area (Å²) in [5, 5.41) is 3.61. The van der Waals surface area contributed by atoms with Crippen molar-refractivity contribution < 1.29 is 0 Å². The molecule has 0 radical (unpaired) electrons. The maximum Gasteiger partial charge on any atom is 0.0485 e. The summed E-state index contributed by atoms with van der Waals surface area (Å²) in [6.07, 6.45) is 7.96. The minimum Gasteiger partial charge on any atom is -0.310 e. The molecular formula is C16H19N3. The van der Waals surface area contributed by atoms with Crippen molar-refractivity contribution in [2.45, 2.75) is 31.7 Å². The van der Waals surface area contributed by atoms with Crippen molar-refractivity contribution in [2.75, 3.05) is 6.54 Å². The minimum atomic E-state index is 0.337. The number of rotatable bonds is 4. The van der Waals surface area contributed by atoms with E-state index in [9.17, 15) is 0 Å². The van der Waals surface area contributed by atoms with Crippen LogP contribution in [0, 0.1) is 0 Å². The van der Waals surface area contributed by atoms with E-state index in [0.29, 0.717) is 12.0 Å².